The zero-order valence-corrected chi connectivity index (χ0v) is 21.7. The molecule has 7 heteroatoms. The number of nitro groups is 1. The number of rotatable bonds is 18. The van der Waals surface area contributed by atoms with E-state index in [1.807, 2.05) is 6.08 Å². The Hall–Kier alpha value is -3.12. The number of ether oxygens (including phenoxy) is 1. The molecule has 0 unspecified atom stereocenters. The van der Waals surface area contributed by atoms with Crippen LogP contribution in [0.4, 0.5) is 11.4 Å². The number of halogens is 1. The maximum absolute atomic E-state index is 12.4. The normalized spacial score (nSPS) is 10.9. The molecular formula is C29H37ClN2O4. The van der Waals surface area contributed by atoms with Gasteiger partial charge < -0.3 is 10.1 Å². The van der Waals surface area contributed by atoms with E-state index in [-0.39, 0.29) is 17.9 Å². The van der Waals surface area contributed by atoms with Crippen LogP contribution < -0.4 is 5.32 Å². The zero-order valence-electron chi connectivity index (χ0n) is 20.9. The second-order valence-corrected chi connectivity index (χ2v) is 9.16. The van der Waals surface area contributed by atoms with E-state index < -0.39 is 10.9 Å². The predicted octanol–water partition coefficient (Wildman–Crippen LogP) is 8.66. The van der Waals surface area contributed by atoms with Crippen LogP contribution in [0.1, 0.15) is 80.1 Å². The van der Waals surface area contributed by atoms with Crippen LogP contribution in [0.5, 0.6) is 0 Å². The summed E-state index contributed by atoms with van der Waals surface area (Å²) in [7, 11) is 0. The van der Waals surface area contributed by atoms with E-state index in [1.165, 1.54) is 44.6 Å². The SMILES string of the molecule is C=CCCCCCCCCC=CCCCNc1ccc(C(=O)OCc2ccc(Cl)cc2)cc1[N+](=O)[O-]. The second-order valence-electron chi connectivity index (χ2n) is 8.72. The molecule has 0 aliphatic heterocycles. The third kappa shape index (κ3) is 11.5. The number of allylic oxidation sites excluding steroid dienone is 3. The first-order valence-electron chi connectivity index (χ1n) is 12.7. The van der Waals surface area contributed by atoms with Gasteiger partial charge in [0.25, 0.3) is 5.69 Å². The number of benzene rings is 2. The van der Waals surface area contributed by atoms with E-state index in [0.717, 1.165) is 31.2 Å². The number of hydrogen-bond donors (Lipinski definition) is 1. The Balaban J connectivity index is 1.68. The molecule has 0 fully saturated rings. The summed E-state index contributed by atoms with van der Waals surface area (Å²) >= 11 is 5.85. The van der Waals surface area contributed by atoms with Gasteiger partial charge in [0.1, 0.15) is 12.3 Å². The molecule has 194 valence electrons. The number of nitro benzene ring substituents is 1. The lowest BCUT2D eigenvalue weighted by molar-refractivity contribution is -0.384. The molecule has 1 N–H and O–H groups in total. The average molecular weight is 513 g/mol. The Labute approximate surface area is 219 Å². The number of carbonyl (C=O) groups excluding carboxylic acids is 1. The summed E-state index contributed by atoms with van der Waals surface area (Å²) in [6.45, 7) is 4.42. The fraction of sp³-hybridized carbons (Fsp3) is 0.414. The van der Waals surface area contributed by atoms with E-state index in [1.54, 1.807) is 36.4 Å². The fourth-order valence-electron chi connectivity index (χ4n) is 3.71. The Bertz CT molecular complexity index is 989. The van der Waals surface area contributed by atoms with Crippen LogP contribution in [0.15, 0.2) is 67.3 Å². The molecule has 0 spiro atoms. The maximum atomic E-state index is 12.4. The molecule has 6 nitrogen and oxygen atoms in total. The first-order valence-corrected chi connectivity index (χ1v) is 13.1. The third-order valence-corrected chi connectivity index (χ3v) is 6.02. The number of nitrogens with zero attached hydrogens (tertiary/aromatic N) is 1. The van der Waals surface area contributed by atoms with E-state index in [2.05, 4.69) is 24.0 Å². The van der Waals surface area contributed by atoms with E-state index in [4.69, 9.17) is 16.3 Å². The largest absolute Gasteiger partial charge is 0.457 e. The van der Waals surface area contributed by atoms with Gasteiger partial charge in [0.2, 0.25) is 0 Å². The smallest absolute Gasteiger partial charge is 0.338 e. The van der Waals surface area contributed by atoms with Crippen LogP contribution in [0, 0.1) is 10.1 Å². The summed E-state index contributed by atoms with van der Waals surface area (Å²) in [4.78, 5) is 23.4. The molecule has 2 aromatic rings. The topological polar surface area (TPSA) is 81.5 Å². The molecule has 0 heterocycles. The standard InChI is InChI=1S/C29H37ClN2O4/c1-2-3-4-5-6-7-8-9-10-11-12-13-14-21-31-27-20-17-25(22-28(27)32(34)35)29(33)36-23-24-15-18-26(30)19-16-24/h2,11-12,15-20,22,31H,1,3-10,13-14,21,23H2. The van der Waals surface area contributed by atoms with Crippen molar-refractivity contribution in [1.82, 2.24) is 0 Å². The first-order chi connectivity index (χ1) is 17.5. The first kappa shape index (κ1) is 29.1. The van der Waals surface area contributed by atoms with Crippen LogP contribution in [-0.2, 0) is 11.3 Å². The maximum Gasteiger partial charge on any atom is 0.338 e. The monoisotopic (exact) mass is 512 g/mol. The summed E-state index contributed by atoms with van der Waals surface area (Å²) < 4.78 is 5.28. The second kappa shape index (κ2) is 17.3. The van der Waals surface area contributed by atoms with Gasteiger partial charge in [0.05, 0.1) is 10.5 Å². The van der Waals surface area contributed by atoms with Gasteiger partial charge in [-0.3, -0.25) is 10.1 Å². The van der Waals surface area contributed by atoms with Crippen molar-refractivity contribution in [3.63, 3.8) is 0 Å². The zero-order chi connectivity index (χ0) is 26.0. The van der Waals surface area contributed by atoms with Crippen molar-refractivity contribution in [2.45, 2.75) is 70.8 Å². The predicted molar refractivity (Wildman–Crippen MR) is 148 cm³/mol. The van der Waals surface area contributed by atoms with Crippen LogP contribution >= 0.6 is 11.6 Å². The Morgan fingerprint density at radius 1 is 0.944 bits per heavy atom. The minimum atomic E-state index is -0.613. The molecule has 0 amide bonds. The number of anilines is 1. The van der Waals surface area contributed by atoms with Gasteiger partial charge in [-0.2, -0.15) is 0 Å². The molecule has 0 aromatic heterocycles. The van der Waals surface area contributed by atoms with Crippen molar-refractivity contribution in [3.05, 3.63) is 93.5 Å². The minimum absolute atomic E-state index is 0.0629. The van der Waals surface area contributed by atoms with Gasteiger partial charge in [-0.1, -0.05) is 67.6 Å². The lowest BCUT2D eigenvalue weighted by atomic mass is 10.1. The Morgan fingerprint density at radius 3 is 2.25 bits per heavy atom. The highest BCUT2D eigenvalue weighted by molar-refractivity contribution is 6.30. The molecule has 2 rings (SSSR count). The molecule has 0 bridgehead atoms. The minimum Gasteiger partial charge on any atom is -0.457 e. The van der Waals surface area contributed by atoms with Crippen LogP contribution in [0.25, 0.3) is 0 Å². The summed E-state index contributed by atoms with van der Waals surface area (Å²) in [5, 5.41) is 15.3. The quantitative estimate of drug-likeness (QED) is 0.0710. The van der Waals surface area contributed by atoms with Crippen molar-refractivity contribution < 1.29 is 14.5 Å². The number of unbranched alkanes of at least 4 members (excludes halogenated alkanes) is 8. The van der Waals surface area contributed by atoms with Crippen molar-refractivity contribution in [1.29, 1.82) is 0 Å². The molecule has 0 aliphatic carbocycles. The van der Waals surface area contributed by atoms with E-state index >= 15 is 0 Å². The van der Waals surface area contributed by atoms with Gasteiger partial charge in [-0.05, 0) is 68.4 Å². The van der Waals surface area contributed by atoms with Crippen molar-refractivity contribution >= 4 is 28.9 Å². The molecule has 36 heavy (non-hydrogen) atoms. The van der Waals surface area contributed by atoms with Crippen LogP contribution in [0.2, 0.25) is 5.02 Å². The number of esters is 1. The van der Waals surface area contributed by atoms with Crippen molar-refractivity contribution in [2.75, 3.05) is 11.9 Å². The lowest BCUT2D eigenvalue weighted by Crippen LogP contribution is -2.08. The molecule has 0 saturated heterocycles. The highest BCUT2D eigenvalue weighted by Gasteiger charge is 2.18. The summed E-state index contributed by atoms with van der Waals surface area (Å²) in [5.41, 5.74) is 1.17. The molecule has 2 aromatic carbocycles. The lowest BCUT2D eigenvalue weighted by Gasteiger charge is -2.09. The summed E-state index contributed by atoms with van der Waals surface area (Å²) in [6.07, 6.45) is 18.0. The highest BCUT2D eigenvalue weighted by atomic mass is 35.5. The Morgan fingerprint density at radius 2 is 1.58 bits per heavy atom. The van der Waals surface area contributed by atoms with Crippen LogP contribution in [-0.4, -0.2) is 17.4 Å². The molecule has 0 saturated carbocycles. The van der Waals surface area contributed by atoms with Gasteiger partial charge >= 0.3 is 5.97 Å². The van der Waals surface area contributed by atoms with Gasteiger partial charge in [0, 0.05) is 17.6 Å². The fourth-order valence-corrected chi connectivity index (χ4v) is 3.83. The van der Waals surface area contributed by atoms with E-state index in [0.29, 0.717) is 17.3 Å². The number of carbonyl (C=O) groups is 1. The number of hydrogen-bond acceptors (Lipinski definition) is 5. The van der Waals surface area contributed by atoms with Gasteiger partial charge in [0.15, 0.2) is 0 Å². The highest BCUT2D eigenvalue weighted by Crippen LogP contribution is 2.26. The third-order valence-electron chi connectivity index (χ3n) is 5.77. The molecular weight excluding hydrogens is 476 g/mol. The molecule has 0 radical (unpaired) electrons. The molecule has 0 aliphatic rings. The number of nitrogens with one attached hydrogen (secondary N) is 1. The van der Waals surface area contributed by atoms with Crippen molar-refractivity contribution in [3.8, 4) is 0 Å². The van der Waals surface area contributed by atoms with E-state index in [9.17, 15) is 14.9 Å². The van der Waals surface area contributed by atoms with Crippen molar-refractivity contribution in [2.24, 2.45) is 0 Å². The van der Waals surface area contributed by atoms with Crippen LogP contribution in [0.3, 0.4) is 0 Å². The molecule has 0 atom stereocenters. The van der Waals surface area contributed by atoms with Gasteiger partial charge in [-0.15, -0.1) is 6.58 Å². The summed E-state index contributed by atoms with van der Waals surface area (Å²) in [6, 6.07) is 11.3. The summed E-state index contributed by atoms with van der Waals surface area (Å²) in [5.74, 6) is -0.613. The Kier molecular flexibility index (Phi) is 14.0. The van der Waals surface area contributed by atoms with Gasteiger partial charge in [-0.25, -0.2) is 4.79 Å². The average Bonchev–Trinajstić information content (AvgIpc) is 2.88.